The molecular formula is C23H23NO2. The number of hydrogen-bond acceptors (Lipinski definition) is 2. The van der Waals surface area contributed by atoms with Gasteiger partial charge in [-0.1, -0.05) is 42.5 Å². The van der Waals surface area contributed by atoms with Crippen LogP contribution in [0.15, 0.2) is 66.7 Å². The molecule has 26 heavy (non-hydrogen) atoms. The van der Waals surface area contributed by atoms with Gasteiger partial charge in [-0.15, -0.1) is 0 Å². The van der Waals surface area contributed by atoms with Gasteiger partial charge in [-0.3, -0.25) is 4.79 Å². The summed E-state index contributed by atoms with van der Waals surface area (Å²) >= 11 is 0. The lowest BCUT2D eigenvalue weighted by Gasteiger charge is -2.12. The predicted octanol–water partition coefficient (Wildman–Crippen LogP) is 5.44. The number of hydrogen-bond donors (Lipinski definition) is 1. The minimum Gasteiger partial charge on any atom is -0.489 e. The third-order valence-corrected chi connectivity index (χ3v) is 4.33. The molecule has 0 aliphatic heterocycles. The Morgan fingerprint density at radius 3 is 2.19 bits per heavy atom. The first-order valence-corrected chi connectivity index (χ1v) is 8.69. The Labute approximate surface area is 154 Å². The molecule has 0 saturated heterocycles. The highest BCUT2D eigenvalue weighted by atomic mass is 16.5. The maximum Gasteiger partial charge on any atom is 0.255 e. The molecule has 3 heteroatoms. The standard InChI is InChI=1S/C23H23NO2/c1-16-6-4-9-21(14-16)26-15-19-10-12-20(13-11-19)23(25)24-22-17(2)7-5-8-18(22)3/h4-14H,15H2,1-3H3,(H,24,25). The van der Waals surface area contributed by atoms with Crippen molar-refractivity contribution in [3.8, 4) is 5.75 Å². The molecule has 0 heterocycles. The number of ether oxygens (including phenoxy) is 1. The first kappa shape index (κ1) is 17.7. The maximum atomic E-state index is 12.5. The summed E-state index contributed by atoms with van der Waals surface area (Å²) in [6.45, 7) is 6.50. The molecular weight excluding hydrogens is 322 g/mol. The molecule has 0 aliphatic rings. The van der Waals surface area contributed by atoms with Gasteiger partial charge in [0, 0.05) is 11.3 Å². The van der Waals surface area contributed by atoms with Crippen LogP contribution in [0.5, 0.6) is 5.75 Å². The zero-order valence-electron chi connectivity index (χ0n) is 15.4. The van der Waals surface area contributed by atoms with Crippen molar-refractivity contribution in [2.45, 2.75) is 27.4 Å². The lowest BCUT2D eigenvalue weighted by molar-refractivity contribution is 0.102. The van der Waals surface area contributed by atoms with Gasteiger partial charge in [0.05, 0.1) is 0 Å². The average Bonchev–Trinajstić information content (AvgIpc) is 2.63. The zero-order valence-corrected chi connectivity index (χ0v) is 15.4. The molecule has 3 aromatic rings. The lowest BCUT2D eigenvalue weighted by atomic mass is 10.1. The lowest BCUT2D eigenvalue weighted by Crippen LogP contribution is -2.13. The molecule has 1 N–H and O–H groups in total. The zero-order chi connectivity index (χ0) is 18.5. The van der Waals surface area contributed by atoms with E-state index in [4.69, 9.17) is 4.74 Å². The molecule has 0 saturated carbocycles. The van der Waals surface area contributed by atoms with Gasteiger partial charge in [-0.2, -0.15) is 0 Å². The Morgan fingerprint density at radius 1 is 0.885 bits per heavy atom. The number of nitrogens with one attached hydrogen (secondary N) is 1. The Morgan fingerprint density at radius 2 is 1.54 bits per heavy atom. The summed E-state index contributed by atoms with van der Waals surface area (Å²) in [5.74, 6) is 0.746. The first-order chi connectivity index (χ1) is 12.5. The molecule has 1 amide bonds. The fourth-order valence-corrected chi connectivity index (χ4v) is 2.82. The van der Waals surface area contributed by atoms with Crippen LogP contribution < -0.4 is 10.1 Å². The van der Waals surface area contributed by atoms with Crippen LogP contribution in [-0.4, -0.2) is 5.91 Å². The SMILES string of the molecule is Cc1cccc(OCc2ccc(C(=O)Nc3c(C)cccc3C)cc2)c1. The molecule has 0 bridgehead atoms. The second kappa shape index (κ2) is 7.87. The minimum atomic E-state index is -0.103. The number of aryl methyl sites for hydroxylation is 3. The van der Waals surface area contributed by atoms with Crippen molar-refractivity contribution < 1.29 is 9.53 Å². The van der Waals surface area contributed by atoms with Crippen LogP contribution in [0.2, 0.25) is 0 Å². The molecule has 0 radical (unpaired) electrons. The summed E-state index contributed by atoms with van der Waals surface area (Å²) in [7, 11) is 0. The third-order valence-electron chi connectivity index (χ3n) is 4.33. The Balaban J connectivity index is 1.64. The molecule has 0 spiro atoms. The Bertz CT molecular complexity index is 893. The van der Waals surface area contributed by atoms with E-state index in [9.17, 15) is 4.79 Å². The predicted molar refractivity (Wildman–Crippen MR) is 106 cm³/mol. The van der Waals surface area contributed by atoms with Gasteiger partial charge in [0.25, 0.3) is 5.91 Å². The van der Waals surface area contributed by atoms with E-state index < -0.39 is 0 Å². The minimum absolute atomic E-state index is 0.103. The number of rotatable bonds is 5. The normalized spacial score (nSPS) is 10.4. The molecule has 132 valence electrons. The summed E-state index contributed by atoms with van der Waals surface area (Å²) in [6, 6.07) is 21.5. The number of carbonyl (C=O) groups excluding carboxylic acids is 1. The number of para-hydroxylation sites is 1. The molecule has 0 aliphatic carbocycles. The highest BCUT2D eigenvalue weighted by molar-refractivity contribution is 6.05. The van der Waals surface area contributed by atoms with Crippen molar-refractivity contribution in [3.63, 3.8) is 0 Å². The maximum absolute atomic E-state index is 12.5. The summed E-state index contributed by atoms with van der Waals surface area (Å²) in [4.78, 5) is 12.5. The van der Waals surface area contributed by atoms with Crippen molar-refractivity contribution in [2.75, 3.05) is 5.32 Å². The average molecular weight is 345 g/mol. The van der Waals surface area contributed by atoms with E-state index in [1.54, 1.807) is 0 Å². The first-order valence-electron chi connectivity index (χ1n) is 8.69. The number of amides is 1. The van der Waals surface area contributed by atoms with Crippen LogP contribution in [0.25, 0.3) is 0 Å². The van der Waals surface area contributed by atoms with E-state index in [1.165, 1.54) is 5.56 Å². The van der Waals surface area contributed by atoms with Gasteiger partial charge in [0.1, 0.15) is 12.4 Å². The fourth-order valence-electron chi connectivity index (χ4n) is 2.82. The van der Waals surface area contributed by atoms with Gasteiger partial charge in [-0.05, 0) is 67.3 Å². The molecule has 3 rings (SSSR count). The van der Waals surface area contributed by atoms with E-state index in [1.807, 2.05) is 87.5 Å². The van der Waals surface area contributed by atoms with E-state index in [0.29, 0.717) is 12.2 Å². The summed E-state index contributed by atoms with van der Waals surface area (Å²) in [6.07, 6.45) is 0. The van der Waals surface area contributed by atoms with Crippen molar-refractivity contribution in [1.82, 2.24) is 0 Å². The van der Waals surface area contributed by atoms with E-state index in [2.05, 4.69) is 5.32 Å². The van der Waals surface area contributed by atoms with E-state index in [-0.39, 0.29) is 5.91 Å². The largest absolute Gasteiger partial charge is 0.489 e. The van der Waals surface area contributed by atoms with Gasteiger partial charge in [-0.25, -0.2) is 0 Å². The van der Waals surface area contributed by atoms with Crippen LogP contribution in [0, 0.1) is 20.8 Å². The molecule has 0 atom stereocenters. The van der Waals surface area contributed by atoms with E-state index >= 15 is 0 Å². The monoisotopic (exact) mass is 345 g/mol. The fraction of sp³-hybridized carbons (Fsp3) is 0.174. The van der Waals surface area contributed by atoms with Gasteiger partial charge in [0.2, 0.25) is 0 Å². The molecule has 0 unspecified atom stereocenters. The Kier molecular flexibility index (Phi) is 5.37. The third kappa shape index (κ3) is 4.31. The second-order valence-corrected chi connectivity index (χ2v) is 6.52. The smallest absolute Gasteiger partial charge is 0.255 e. The van der Waals surface area contributed by atoms with Crippen molar-refractivity contribution in [3.05, 3.63) is 94.5 Å². The van der Waals surface area contributed by atoms with Crippen LogP contribution in [0.1, 0.15) is 32.6 Å². The quantitative estimate of drug-likeness (QED) is 0.668. The van der Waals surface area contributed by atoms with Crippen molar-refractivity contribution in [1.29, 1.82) is 0 Å². The summed E-state index contributed by atoms with van der Waals surface area (Å²) in [5, 5.41) is 3.01. The second-order valence-electron chi connectivity index (χ2n) is 6.52. The van der Waals surface area contributed by atoms with Crippen LogP contribution in [-0.2, 0) is 6.61 Å². The van der Waals surface area contributed by atoms with E-state index in [0.717, 1.165) is 28.1 Å². The van der Waals surface area contributed by atoms with Gasteiger partial charge >= 0.3 is 0 Å². The highest BCUT2D eigenvalue weighted by Crippen LogP contribution is 2.20. The topological polar surface area (TPSA) is 38.3 Å². The number of benzene rings is 3. The number of anilines is 1. The van der Waals surface area contributed by atoms with Gasteiger partial charge in [0.15, 0.2) is 0 Å². The van der Waals surface area contributed by atoms with Crippen molar-refractivity contribution >= 4 is 11.6 Å². The molecule has 0 fully saturated rings. The number of carbonyl (C=O) groups is 1. The van der Waals surface area contributed by atoms with Gasteiger partial charge < -0.3 is 10.1 Å². The van der Waals surface area contributed by atoms with Crippen molar-refractivity contribution in [2.24, 2.45) is 0 Å². The molecule has 3 nitrogen and oxygen atoms in total. The van der Waals surface area contributed by atoms with Crippen LogP contribution in [0.3, 0.4) is 0 Å². The van der Waals surface area contributed by atoms with Crippen LogP contribution in [0.4, 0.5) is 5.69 Å². The summed E-state index contributed by atoms with van der Waals surface area (Å²) in [5.41, 5.74) is 5.82. The summed E-state index contributed by atoms with van der Waals surface area (Å²) < 4.78 is 5.80. The highest BCUT2D eigenvalue weighted by Gasteiger charge is 2.09. The molecule has 0 aromatic heterocycles. The Hall–Kier alpha value is -3.07. The molecule has 3 aromatic carbocycles. The van der Waals surface area contributed by atoms with Crippen LogP contribution >= 0.6 is 0 Å².